The first-order valence-corrected chi connectivity index (χ1v) is 8.74. The summed E-state index contributed by atoms with van der Waals surface area (Å²) >= 11 is 0. The normalized spacial score (nSPS) is 21.1. The van der Waals surface area contributed by atoms with Crippen molar-refractivity contribution in [3.8, 4) is 5.88 Å². The van der Waals surface area contributed by atoms with E-state index < -0.39 is 0 Å². The van der Waals surface area contributed by atoms with Crippen molar-refractivity contribution in [2.24, 2.45) is 7.05 Å². The molecule has 0 radical (unpaired) electrons. The van der Waals surface area contributed by atoms with Gasteiger partial charge in [0, 0.05) is 18.9 Å². The molecule has 0 aromatic carbocycles. The molecular formula is C17H22N6O2. The highest BCUT2D eigenvalue weighted by atomic mass is 16.5. The van der Waals surface area contributed by atoms with Gasteiger partial charge in [0.2, 0.25) is 11.8 Å². The van der Waals surface area contributed by atoms with E-state index in [1.54, 1.807) is 10.9 Å². The molecule has 3 aromatic heterocycles. The van der Waals surface area contributed by atoms with Crippen molar-refractivity contribution in [2.75, 3.05) is 0 Å². The molecular weight excluding hydrogens is 320 g/mol. The van der Waals surface area contributed by atoms with Gasteiger partial charge in [-0.15, -0.1) is 0 Å². The number of nitrogens with zero attached hydrogens (tertiary/aromatic N) is 6. The summed E-state index contributed by atoms with van der Waals surface area (Å²) in [4.78, 5) is 13.1. The Kier molecular flexibility index (Phi) is 4.10. The number of aromatic nitrogens is 6. The maximum Gasteiger partial charge on any atom is 0.243 e. The highest BCUT2D eigenvalue weighted by Gasteiger charge is 2.28. The molecule has 8 nitrogen and oxygen atoms in total. The number of hydrogen-bond donors (Lipinski definition) is 0. The number of aryl methyl sites for hydroxylation is 1. The molecule has 0 aliphatic heterocycles. The van der Waals surface area contributed by atoms with E-state index in [0.717, 1.165) is 48.4 Å². The summed E-state index contributed by atoms with van der Waals surface area (Å²) in [6.07, 6.45) is 7.21. The fourth-order valence-corrected chi connectivity index (χ4v) is 3.29. The first-order chi connectivity index (χ1) is 12.1. The van der Waals surface area contributed by atoms with Crippen LogP contribution in [0.4, 0.5) is 0 Å². The van der Waals surface area contributed by atoms with Crippen molar-refractivity contribution < 1.29 is 9.26 Å². The molecule has 1 saturated carbocycles. The average molecular weight is 342 g/mol. The largest absolute Gasteiger partial charge is 0.473 e. The highest BCUT2D eigenvalue weighted by Crippen LogP contribution is 2.34. The van der Waals surface area contributed by atoms with Gasteiger partial charge in [0.15, 0.2) is 5.82 Å². The maximum absolute atomic E-state index is 6.16. The van der Waals surface area contributed by atoms with Crippen LogP contribution in [-0.4, -0.2) is 36.0 Å². The third-order valence-corrected chi connectivity index (χ3v) is 4.77. The standard InChI is InChI=1S/C17H22N6O2/c1-10(2)15-21-16(25-22-15)11-4-6-12(7-5-11)24-17-14-13(18-9-19-17)8-20-23(14)3/h8-12H,4-7H2,1-3H3. The highest BCUT2D eigenvalue weighted by molar-refractivity contribution is 5.78. The summed E-state index contributed by atoms with van der Waals surface area (Å²) in [5, 5.41) is 8.30. The molecule has 0 N–H and O–H groups in total. The van der Waals surface area contributed by atoms with Crippen LogP contribution in [0.1, 0.15) is 63.1 Å². The maximum atomic E-state index is 6.16. The molecule has 0 spiro atoms. The third-order valence-electron chi connectivity index (χ3n) is 4.77. The average Bonchev–Trinajstić information content (AvgIpc) is 3.24. The Morgan fingerprint density at radius 2 is 2.00 bits per heavy atom. The van der Waals surface area contributed by atoms with Crippen LogP contribution in [0, 0.1) is 0 Å². The molecule has 132 valence electrons. The Balaban J connectivity index is 1.42. The Bertz CT molecular complexity index is 863. The van der Waals surface area contributed by atoms with E-state index in [1.165, 1.54) is 6.33 Å². The van der Waals surface area contributed by atoms with Crippen LogP contribution in [-0.2, 0) is 7.05 Å². The van der Waals surface area contributed by atoms with Gasteiger partial charge in [-0.1, -0.05) is 19.0 Å². The molecule has 25 heavy (non-hydrogen) atoms. The fraction of sp³-hybridized carbons (Fsp3) is 0.588. The topological polar surface area (TPSA) is 91.8 Å². The van der Waals surface area contributed by atoms with E-state index >= 15 is 0 Å². The van der Waals surface area contributed by atoms with Crippen molar-refractivity contribution in [2.45, 2.75) is 57.5 Å². The fourth-order valence-electron chi connectivity index (χ4n) is 3.29. The van der Waals surface area contributed by atoms with Gasteiger partial charge < -0.3 is 9.26 Å². The van der Waals surface area contributed by atoms with E-state index in [4.69, 9.17) is 9.26 Å². The monoisotopic (exact) mass is 342 g/mol. The zero-order valence-electron chi connectivity index (χ0n) is 14.7. The summed E-state index contributed by atoms with van der Waals surface area (Å²) < 4.78 is 13.4. The van der Waals surface area contributed by atoms with Crippen molar-refractivity contribution in [3.63, 3.8) is 0 Å². The quantitative estimate of drug-likeness (QED) is 0.719. The summed E-state index contributed by atoms with van der Waals surface area (Å²) in [6.45, 7) is 4.14. The molecule has 1 aliphatic carbocycles. The van der Waals surface area contributed by atoms with E-state index in [2.05, 4.69) is 39.1 Å². The van der Waals surface area contributed by atoms with Crippen molar-refractivity contribution in [1.82, 2.24) is 29.9 Å². The smallest absolute Gasteiger partial charge is 0.243 e. The van der Waals surface area contributed by atoms with Crippen molar-refractivity contribution in [3.05, 3.63) is 24.2 Å². The molecule has 3 aromatic rings. The molecule has 0 bridgehead atoms. The van der Waals surface area contributed by atoms with Gasteiger partial charge in [0.05, 0.1) is 6.20 Å². The van der Waals surface area contributed by atoms with E-state index in [1.807, 2.05) is 7.05 Å². The number of hydrogen-bond acceptors (Lipinski definition) is 7. The summed E-state index contributed by atoms with van der Waals surface area (Å²) in [7, 11) is 1.87. The van der Waals surface area contributed by atoms with Crippen molar-refractivity contribution in [1.29, 1.82) is 0 Å². The lowest BCUT2D eigenvalue weighted by Gasteiger charge is -2.26. The molecule has 8 heteroatoms. The zero-order valence-corrected chi connectivity index (χ0v) is 14.7. The van der Waals surface area contributed by atoms with Gasteiger partial charge in [0.1, 0.15) is 23.5 Å². The Labute approximate surface area is 145 Å². The van der Waals surface area contributed by atoms with Crippen LogP contribution in [0.25, 0.3) is 11.0 Å². The molecule has 0 amide bonds. The van der Waals surface area contributed by atoms with Crippen LogP contribution in [0.15, 0.2) is 17.0 Å². The number of ether oxygens (including phenoxy) is 1. The van der Waals surface area contributed by atoms with Crippen LogP contribution >= 0.6 is 0 Å². The van der Waals surface area contributed by atoms with Crippen LogP contribution in [0.5, 0.6) is 5.88 Å². The molecule has 1 fully saturated rings. The minimum Gasteiger partial charge on any atom is -0.473 e. The Morgan fingerprint density at radius 3 is 2.72 bits per heavy atom. The van der Waals surface area contributed by atoms with E-state index in [0.29, 0.717) is 11.8 Å². The molecule has 1 aliphatic rings. The third kappa shape index (κ3) is 3.08. The van der Waals surface area contributed by atoms with Gasteiger partial charge in [-0.25, -0.2) is 4.98 Å². The zero-order chi connectivity index (χ0) is 17.4. The lowest BCUT2D eigenvalue weighted by Crippen LogP contribution is -2.24. The van der Waals surface area contributed by atoms with Crippen molar-refractivity contribution >= 4 is 11.0 Å². The minimum absolute atomic E-state index is 0.136. The predicted octanol–water partition coefficient (Wildman–Crippen LogP) is 2.97. The molecule has 0 atom stereocenters. The van der Waals surface area contributed by atoms with Crippen LogP contribution in [0.2, 0.25) is 0 Å². The van der Waals surface area contributed by atoms with Gasteiger partial charge >= 0.3 is 0 Å². The Morgan fingerprint density at radius 1 is 1.20 bits per heavy atom. The summed E-state index contributed by atoms with van der Waals surface area (Å²) in [6, 6.07) is 0. The SMILES string of the molecule is CC(C)c1noc(C2CCC(Oc3ncnc4cnn(C)c34)CC2)n1. The van der Waals surface area contributed by atoms with Gasteiger partial charge in [-0.3, -0.25) is 4.68 Å². The predicted molar refractivity (Wildman–Crippen MR) is 90.3 cm³/mol. The molecule has 4 rings (SSSR count). The molecule has 0 unspecified atom stereocenters. The van der Waals surface area contributed by atoms with Crippen LogP contribution < -0.4 is 4.74 Å². The first kappa shape index (κ1) is 16.0. The van der Waals surface area contributed by atoms with Crippen LogP contribution in [0.3, 0.4) is 0 Å². The second-order valence-corrected chi connectivity index (χ2v) is 6.92. The van der Waals surface area contributed by atoms with E-state index in [9.17, 15) is 0 Å². The molecule has 0 saturated heterocycles. The minimum atomic E-state index is 0.136. The van der Waals surface area contributed by atoms with Gasteiger partial charge in [-0.05, 0) is 25.7 Å². The lowest BCUT2D eigenvalue weighted by atomic mass is 9.87. The van der Waals surface area contributed by atoms with Gasteiger partial charge in [-0.2, -0.15) is 15.1 Å². The molecule has 3 heterocycles. The second kappa shape index (κ2) is 6.42. The summed E-state index contributed by atoms with van der Waals surface area (Å²) in [5.74, 6) is 2.76. The lowest BCUT2D eigenvalue weighted by molar-refractivity contribution is 0.135. The van der Waals surface area contributed by atoms with Gasteiger partial charge in [0.25, 0.3) is 0 Å². The number of rotatable bonds is 4. The Hall–Kier alpha value is -2.51. The summed E-state index contributed by atoms with van der Waals surface area (Å²) in [5.41, 5.74) is 1.64. The van der Waals surface area contributed by atoms with E-state index in [-0.39, 0.29) is 12.0 Å². The number of fused-ring (bicyclic) bond motifs is 1. The second-order valence-electron chi connectivity index (χ2n) is 6.92. The first-order valence-electron chi connectivity index (χ1n) is 8.74.